The number of benzene rings is 2. The molecule has 1 unspecified atom stereocenters. The van der Waals surface area contributed by atoms with Crippen LogP contribution in [0.4, 0.5) is 0 Å². The summed E-state index contributed by atoms with van der Waals surface area (Å²) in [6.07, 6.45) is 5.43. The average molecular weight is 262 g/mol. The molecule has 1 aromatic heterocycles. The highest BCUT2D eigenvalue weighted by molar-refractivity contribution is 5.85. The number of fused-ring (bicyclic) bond motifs is 1. The zero-order valence-corrected chi connectivity index (χ0v) is 11.4. The molecule has 20 heavy (non-hydrogen) atoms. The summed E-state index contributed by atoms with van der Waals surface area (Å²) in [5.41, 5.74) is 8.81. The molecule has 2 N–H and O–H groups in total. The summed E-state index contributed by atoms with van der Waals surface area (Å²) in [4.78, 5) is 4.14. The summed E-state index contributed by atoms with van der Waals surface area (Å²) in [6, 6.07) is 19.0. The van der Waals surface area contributed by atoms with E-state index in [0.717, 1.165) is 12.8 Å². The van der Waals surface area contributed by atoms with Crippen LogP contribution in [0.1, 0.15) is 11.1 Å². The number of nitrogens with zero attached hydrogens (tertiary/aromatic N) is 1. The first-order chi connectivity index (χ1) is 9.83. The Kier molecular flexibility index (Phi) is 3.75. The van der Waals surface area contributed by atoms with Crippen LogP contribution in [0.3, 0.4) is 0 Å². The first-order valence-corrected chi connectivity index (χ1v) is 6.94. The van der Waals surface area contributed by atoms with E-state index in [0.29, 0.717) is 0 Å². The van der Waals surface area contributed by atoms with Crippen molar-refractivity contribution >= 4 is 10.8 Å². The summed E-state index contributed by atoms with van der Waals surface area (Å²) in [5, 5.41) is 2.58. The van der Waals surface area contributed by atoms with Crippen LogP contribution in [0.2, 0.25) is 0 Å². The molecule has 0 amide bonds. The van der Waals surface area contributed by atoms with Crippen LogP contribution in [0.15, 0.2) is 67.0 Å². The minimum Gasteiger partial charge on any atom is -0.327 e. The van der Waals surface area contributed by atoms with Gasteiger partial charge in [0.1, 0.15) is 0 Å². The molecule has 3 aromatic rings. The van der Waals surface area contributed by atoms with Crippen LogP contribution >= 0.6 is 0 Å². The largest absolute Gasteiger partial charge is 0.327 e. The fourth-order valence-electron chi connectivity index (χ4n) is 2.65. The van der Waals surface area contributed by atoms with Gasteiger partial charge in [-0.2, -0.15) is 0 Å². The van der Waals surface area contributed by atoms with E-state index in [2.05, 4.69) is 53.5 Å². The summed E-state index contributed by atoms with van der Waals surface area (Å²) < 4.78 is 0. The first-order valence-electron chi connectivity index (χ1n) is 6.94. The maximum absolute atomic E-state index is 6.30. The molecule has 0 spiro atoms. The molecule has 1 atom stereocenters. The van der Waals surface area contributed by atoms with Crippen molar-refractivity contribution in [2.24, 2.45) is 5.73 Å². The van der Waals surface area contributed by atoms with Crippen LogP contribution in [0.25, 0.3) is 10.8 Å². The van der Waals surface area contributed by atoms with E-state index in [-0.39, 0.29) is 6.04 Å². The SMILES string of the molecule is NC(Cc1cccnc1)Cc1cccc2ccccc12. The topological polar surface area (TPSA) is 38.9 Å². The molecule has 2 heteroatoms. The fourth-order valence-corrected chi connectivity index (χ4v) is 2.65. The van der Waals surface area contributed by atoms with E-state index in [1.165, 1.54) is 21.9 Å². The van der Waals surface area contributed by atoms with Crippen molar-refractivity contribution in [1.29, 1.82) is 0 Å². The molecule has 0 bridgehead atoms. The number of hydrogen-bond donors (Lipinski definition) is 1. The molecule has 3 rings (SSSR count). The second-order valence-corrected chi connectivity index (χ2v) is 5.17. The Bertz CT molecular complexity index is 687. The predicted molar refractivity (Wildman–Crippen MR) is 83.6 cm³/mol. The van der Waals surface area contributed by atoms with Gasteiger partial charge in [-0.15, -0.1) is 0 Å². The second-order valence-electron chi connectivity index (χ2n) is 5.17. The van der Waals surface area contributed by atoms with Gasteiger partial charge in [0, 0.05) is 18.4 Å². The summed E-state index contributed by atoms with van der Waals surface area (Å²) >= 11 is 0. The van der Waals surface area contributed by atoms with Crippen LogP contribution in [0.5, 0.6) is 0 Å². The van der Waals surface area contributed by atoms with Crippen LogP contribution in [-0.2, 0) is 12.8 Å². The second kappa shape index (κ2) is 5.85. The minimum absolute atomic E-state index is 0.116. The van der Waals surface area contributed by atoms with Gasteiger partial charge in [0.05, 0.1) is 0 Å². The summed E-state index contributed by atoms with van der Waals surface area (Å²) in [6.45, 7) is 0. The molecule has 0 saturated carbocycles. The third-order valence-electron chi connectivity index (χ3n) is 3.58. The number of hydrogen-bond acceptors (Lipinski definition) is 2. The van der Waals surface area contributed by atoms with Gasteiger partial charge < -0.3 is 5.73 Å². The van der Waals surface area contributed by atoms with Gasteiger partial charge >= 0.3 is 0 Å². The molecule has 2 nitrogen and oxygen atoms in total. The van der Waals surface area contributed by atoms with Crippen molar-refractivity contribution in [3.05, 3.63) is 78.1 Å². The highest BCUT2D eigenvalue weighted by atomic mass is 14.6. The molecule has 0 saturated heterocycles. The molecule has 2 aromatic carbocycles. The van der Waals surface area contributed by atoms with Crippen molar-refractivity contribution in [2.75, 3.05) is 0 Å². The molecule has 0 aliphatic heterocycles. The molecule has 0 fully saturated rings. The van der Waals surface area contributed by atoms with E-state index in [1.54, 1.807) is 6.20 Å². The monoisotopic (exact) mass is 262 g/mol. The van der Waals surface area contributed by atoms with E-state index in [9.17, 15) is 0 Å². The van der Waals surface area contributed by atoms with Crippen LogP contribution < -0.4 is 5.73 Å². The van der Waals surface area contributed by atoms with Gasteiger partial charge in [-0.3, -0.25) is 4.98 Å². The Morgan fingerprint density at radius 1 is 0.900 bits per heavy atom. The molecule has 100 valence electrons. The number of pyridine rings is 1. The van der Waals surface area contributed by atoms with Gasteiger partial charge in [-0.25, -0.2) is 0 Å². The lowest BCUT2D eigenvalue weighted by molar-refractivity contribution is 0.666. The third kappa shape index (κ3) is 2.86. The van der Waals surface area contributed by atoms with E-state index < -0.39 is 0 Å². The Balaban J connectivity index is 1.79. The molecule has 0 aliphatic carbocycles. The van der Waals surface area contributed by atoms with Crippen molar-refractivity contribution in [1.82, 2.24) is 4.98 Å². The van der Waals surface area contributed by atoms with Gasteiger partial charge in [0.15, 0.2) is 0 Å². The summed E-state index contributed by atoms with van der Waals surface area (Å²) in [7, 11) is 0. The fraction of sp³-hybridized carbons (Fsp3) is 0.167. The summed E-state index contributed by atoms with van der Waals surface area (Å²) in [5.74, 6) is 0. The highest BCUT2D eigenvalue weighted by Crippen LogP contribution is 2.20. The molecule has 1 heterocycles. The molecular weight excluding hydrogens is 244 g/mol. The number of nitrogens with two attached hydrogens (primary N) is 1. The molecular formula is C18H18N2. The van der Waals surface area contributed by atoms with Crippen molar-refractivity contribution < 1.29 is 0 Å². The standard InChI is InChI=1S/C18H18N2/c19-17(11-14-5-4-10-20-13-14)12-16-8-3-7-15-6-1-2-9-18(15)16/h1-10,13,17H,11-12,19H2. The van der Waals surface area contributed by atoms with E-state index in [1.807, 2.05) is 12.3 Å². The van der Waals surface area contributed by atoms with E-state index in [4.69, 9.17) is 5.73 Å². The average Bonchev–Trinajstić information content (AvgIpc) is 2.48. The highest BCUT2D eigenvalue weighted by Gasteiger charge is 2.08. The Hall–Kier alpha value is -2.19. The number of rotatable bonds is 4. The smallest absolute Gasteiger partial charge is 0.0300 e. The zero-order valence-electron chi connectivity index (χ0n) is 11.4. The normalized spacial score (nSPS) is 12.4. The van der Waals surface area contributed by atoms with Gasteiger partial charge in [-0.05, 0) is 40.8 Å². The quantitative estimate of drug-likeness (QED) is 0.783. The van der Waals surface area contributed by atoms with Gasteiger partial charge in [-0.1, -0.05) is 48.5 Å². The Morgan fingerprint density at radius 3 is 2.60 bits per heavy atom. The van der Waals surface area contributed by atoms with Crippen LogP contribution in [-0.4, -0.2) is 11.0 Å². The molecule has 0 radical (unpaired) electrons. The maximum atomic E-state index is 6.30. The van der Waals surface area contributed by atoms with Crippen LogP contribution in [0, 0.1) is 0 Å². The minimum atomic E-state index is 0.116. The van der Waals surface area contributed by atoms with Gasteiger partial charge in [0.25, 0.3) is 0 Å². The van der Waals surface area contributed by atoms with Gasteiger partial charge in [0.2, 0.25) is 0 Å². The third-order valence-corrected chi connectivity index (χ3v) is 3.58. The van der Waals surface area contributed by atoms with E-state index >= 15 is 0 Å². The zero-order chi connectivity index (χ0) is 13.8. The molecule has 0 aliphatic rings. The predicted octanol–water partition coefficient (Wildman–Crippen LogP) is 3.35. The maximum Gasteiger partial charge on any atom is 0.0300 e. The Morgan fingerprint density at radius 2 is 1.75 bits per heavy atom. The van der Waals surface area contributed by atoms with Crippen molar-refractivity contribution in [3.63, 3.8) is 0 Å². The number of aromatic nitrogens is 1. The first kappa shape index (κ1) is 12.8. The lowest BCUT2D eigenvalue weighted by atomic mass is 9.96. The lowest BCUT2D eigenvalue weighted by Crippen LogP contribution is -2.25. The lowest BCUT2D eigenvalue weighted by Gasteiger charge is -2.13. The van der Waals surface area contributed by atoms with Crippen molar-refractivity contribution in [2.45, 2.75) is 18.9 Å². The van der Waals surface area contributed by atoms with Crippen molar-refractivity contribution in [3.8, 4) is 0 Å². The Labute approximate surface area is 119 Å².